The van der Waals surface area contributed by atoms with Crippen molar-refractivity contribution < 1.29 is 0 Å². The molecule has 1 saturated carbocycles. The summed E-state index contributed by atoms with van der Waals surface area (Å²) >= 11 is 1.85. The highest BCUT2D eigenvalue weighted by molar-refractivity contribution is 7.09. The molecule has 3 heteroatoms. The Labute approximate surface area is 131 Å². The van der Waals surface area contributed by atoms with Crippen LogP contribution in [0.1, 0.15) is 36.6 Å². The normalized spacial score (nSPS) is 15.9. The van der Waals surface area contributed by atoms with Gasteiger partial charge in [0.2, 0.25) is 0 Å². The number of para-hydroxylation sites is 1. The molecule has 0 saturated heterocycles. The lowest BCUT2D eigenvalue weighted by Crippen LogP contribution is -2.28. The zero-order valence-electron chi connectivity index (χ0n) is 12.7. The Morgan fingerprint density at radius 2 is 2.05 bits per heavy atom. The summed E-state index contributed by atoms with van der Waals surface area (Å²) in [5.74, 6) is 0. The fourth-order valence-electron chi connectivity index (χ4n) is 2.76. The van der Waals surface area contributed by atoms with Crippen LogP contribution in [0.15, 0.2) is 41.8 Å². The molecule has 1 aromatic carbocycles. The molecule has 0 amide bonds. The number of rotatable bonds is 7. The van der Waals surface area contributed by atoms with Gasteiger partial charge >= 0.3 is 0 Å². The summed E-state index contributed by atoms with van der Waals surface area (Å²) in [5, 5.41) is 2.17. The lowest BCUT2D eigenvalue weighted by Gasteiger charge is -2.27. The maximum absolute atomic E-state index is 6.19. The molecule has 0 bridgehead atoms. The summed E-state index contributed by atoms with van der Waals surface area (Å²) in [6, 6.07) is 14.2. The number of hydrogen-bond donors (Lipinski definition) is 1. The molecule has 1 aliphatic carbocycles. The number of thiophene rings is 1. The van der Waals surface area contributed by atoms with Crippen molar-refractivity contribution in [1.82, 2.24) is 0 Å². The van der Waals surface area contributed by atoms with E-state index in [0.717, 1.165) is 19.4 Å². The number of benzene rings is 1. The van der Waals surface area contributed by atoms with E-state index in [1.807, 2.05) is 11.3 Å². The second-order valence-electron chi connectivity index (χ2n) is 5.94. The van der Waals surface area contributed by atoms with Gasteiger partial charge in [-0.1, -0.05) is 31.2 Å². The Balaban J connectivity index is 1.85. The summed E-state index contributed by atoms with van der Waals surface area (Å²) in [4.78, 5) is 4.03. The van der Waals surface area contributed by atoms with Gasteiger partial charge in [-0.05, 0) is 48.8 Å². The maximum Gasteiger partial charge on any atom is 0.0526 e. The summed E-state index contributed by atoms with van der Waals surface area (Å²) in [6.45, 7) is 3.19. The van der Waals surface area contributed by atoms with Gasteiger partial charge < -0.3 is 10.6 Å². The van der Waals surface area contributed by atoms with Crippen LogP contribution in [-0.2, 0) is 13.0 Å². The van der Waals surface area contributed by atoms with Crippen molar-refractivity contribution in [3.05, 3.63) is 52.2 Å². The fraction of sp³-hybridized carbons (Fsp3) is 0.444. The summed E-state index contributed by atoms with van der Waals surface area (Å²) in [7, 11) is 0. The van der Waals surface area contributed by atoms with E-state index in [-0.39, 0.29) is 6.04 Å². The van der Waals surface area contributed by atoms with Crippen molar-refractivity contribution in [2.45, 2.75) is 51.2 Å². The van der Waals surface area contributed by atoms with Crippen molar-refractivity contribution in [2.24, 2.45) is 5.73 Å². The second-order valence-corrected chi connectivity index (χ2v) is 6.97. The minimum absolute atomic E-state index is 0.258. The Bertz CT molecular complexity index is 560. The molecule has 3 rings (SSSR count). The third kappa shape index (κ3) is 3.66. The highest BCUT2D eigenvalue weighted by Crippen LogP contribution is 2.35. The molecule has 1 unspecified atom stereocenters. The molecule has 2 aromatic rings. The average Bonchev–Trinajstić information content (AvgIpc) is 3.22. The van der Waals surface area contributed by atoms with Crippen LogP contribution in [0, 0.1) is 0 Å². The van der Waals surface area contributed by atoms with Crippen LogP contribution in [0.2, 0.25) is 0 Å². The van der Waals surface area contributed by atoms with E-state index in [0.29, 0.717) is 6.04 Å². The largest absolute Gasteiger partial charge is 0.363 e. The number of nitrogens with two attached hydrogens (primary N) is 1. The summed E-state index contributed by atoms with van der Waals surface area (Å²) < 4.78 is 0. The van der Waals surface area contributed by atoms with Gasteiger partial charge in [-0.3, -0.25) is 0 Å². The van der Waals surface area contributed by atoms with Crippen LogP contribution in [0.3, 0.4) is 0 Å². The van der Waals surface area contributed by atoms with Gasteiger partial charge in [0.1, 0.15) is 0 Å². The van der Waals surface area contributed by atoms with E-state index in [1.165, 1.54) is 29.0 Å². The van der Waals surface area contributed by atoms with Gasteiger partial charge in [0.15, 0.2) is 0 Å². The first-order valence-corrected chi connectivity index (χ1v) is 8.78. The Kier molecular flexibility index (Phi) is 4.61. The van der Waals surface area contributed by atoms with Crippen molar-refractivity contribution >= 4 is 17.0 Å². The zero-order chi connectivity index (χ0) is 14.7. The van der Waals surface area contributed by atoms with E-state index in [4.69, 9.17) is 5.73 Å². The van der Waals surface area contributed by atoms with Crippen LogP contribution in [-0.4, -0.2) is 12.1 Å². The van der Waals surface area contributed by atoms with Gasteiger partial charge in [-0.15, -0.1) is 11.3 Å². The first-order valence-electron chi connectivity index (χ1n) is 7.90. The van der Waals surface area contributed by atoms with Crippen molar-refractivity contribution in [3.63, 3.8) is 0 Å². The highest BCUT2D eigenvalue weighted by Gasteiger charge is 2.30. The molecule has 21 heavy (non-hydrogen) atoms. The minimum Gasteiger partial charge on any atom is -0.363 e. The average molecular weight is 300 g/mol. The smallest absolute Gasteiger partial charge is 0.0526 e. The Hall–Kier alpha value is -1.32. The fourth-order valence-corrected chi connectivity index (χ4v) is 3.46. The molecular weight excluding hydrogens is 276 g/mol. The number of hydrogen-bond acceptors (Lipinski definition) is 3. The monoisotopic (exact) mass is 300 g/mol. The van der Waals surface area contributed by atoms with Crippen LogP contribution >= 0.6 is 11.3 Å². The third-order valence-corrected chi connectivity index (χ3v) is 5.06. The zero-order valence-corrected chi connectivity index (χ0v) is 13.5. The predicted octanol–water partition coefficient (Wildman–Crippen LogP) is 4.20. The van der Waals surface area contributed by atoms with E-state index in [1.54, 1.807) is 0 Å². The molecule has 1 atom stereocenters. The molecule has 0 aliphatic heterocycles. The molecule has 1 heterocycles. The van der Waals surface area contributed by atoms with E-state index >= 15 is 0 Å². The molecule has 1 aromatic heterocycles. The Morgan fingerprint density at radius 1 is 1.24 bits per heavy atom. The predicted molar refractivity (Wildman–Crippen MR) is 91.9 cm³/mol. The molecule has 1 fully saturated rings. The quantitative estimate of drug-likeness (QED) is 0.830. The van der Waals surface area contributed by atoms with Crippen molar-refractivity contribution in [1.29, 1.82) is 0 Å². The second kappa shape index (κ2) is 6.63. The molecule has 1 aliphatic rings. The van der Waals surface area contributed by atoms with Gasteiger partial charge in [0.05, 0.1) is 6.54 Å². The topological polar surface area (TPSA) is 29.3 Å². The lowest BCUT2D eigenvalue weighted by atomic mass is 10.0. The van der Waals surface area contributed by atoms with Crippen LogP contribution < -0.4 is 10.6 Å². The molecular formula is C18H24N2S. The number of nitrogens with zero attached hydrogens (tertiary/aromatic N) is 1. The van der Waals surface area contributed by atoms with E-state index in [9.17, 15) is 0 Å². The molecule has 0 radical (unpaired) electrons. The number of anilines is 1. The maximum atomic E-state index is 6.19. The van der Waals surface area contributed by atoms with Gasteiger partial charge in [0, 0.05) is 22.6 Å². The first kappa shape index (κ1) is 14.6. The third-order valence-electron chi connectivity index (χ3n) is 4.20. The lowest BCUT2D eigenvalue weighted by molar-refractivity contribution is 0.643. The van der Waals surface area contributed by atoms with Gasteiger partial charge in [-0.25, -0.2) is 0 Å². The van der Waals surface area contributed by atoms with Gasteiger partial charge in [-0.2, -0.15) is 0 Å². The SMILES string of the molecule is CCC(N)Cc1ccccc1N(Cc1cccs1)C1CC1. The summed E-state index contributed by atoms with van der Waals surface area (Å²) in [5.41, 5.74) is 8.97. The summed E-state index contributed by atoms with van der Waals surface area (Å²) in [6.07, 6.45) is 4.64. The van der Waals surface area contributed by atoms with Crippen LogP contribution in [0.5, 0.6) is 0 Å². The van der Waals surface area contributed by atoms with Crippen molar-refractivity contribution in [3.8, 4) is 0 Å². The standard InChI is InChI=1S/C18H24N2S/c1-2-15(19)12-14-6-3-4-8-18(14)20(16-9-10-16)13-17-7-5-11-21-17/h3-8,11,15-16H,2,9-10,12-13,19H2,1H3. The van der Waals surface area contributed by atoms with Crippen LogP contribution in [0.4, 0.5) is 5.69 Å². The molecule has 112 valence electrons. The molecule has 2 nitrogen and oxygen atoms in total. The molecule has 0 spiro atoms. The highest BCUT2D eigenvalue weighted by atomic mass is 32.1. The Morgan fingerprint density at radius 3 is 2.71 bits per heavy atom. The van der Waals surface area contributed by atoms with E-state index in [2.05, 4.69) is 53.6 Å². The van der Waals surface area contributed by atoms with Crippen molar-refractivity contribution in [2.75, 3.05) is 4.90 Å². The van der Waals surface area contributed by atoms with Gasteiger partial charge in [0.25, 0.3) is 0 Å². The van der Waals surface area contributed by atoms with Crippen LogP contribution in [0.25, 0.3) is 0 Å². The van der Waals surface area contributed by atoms with E-state index < -0.39 is 0 Å². The molecule has 2 N–H and O–H groups in total. The minimum atomic E-state index is 0.258. The first-order chi connectivity index (χ1) is 10.3.